The second-order valence-corrected chi connectivity index (χ2v) is 5.79. The Balaban J connectivity index is 2.55. The molecule has 9 heteroatoms. The molecule has 3 N–H and O–H groups in total. The summed E-state index contributed by atoms with van der Waals surface area (Å²) in [5.41, 5.74) is 6.51. The zero-order valence-corrected chi connectivity index (χ0v) is 14.9. The van der Waals surface area contributed by atoms with E-state index in [4.69, 9.17) is 10.5 Å². The molecule has 8 nitrogen and oxygen atoms in total. The Bertz CT molecular complexity index is 845. The lowest BCUT2D eigenvalue weighted by atomic mass is 10.1. The van der Waals surface area contributed by atoms with Crippen LogP contribution in [0.25, 0.3) is 11.6 Å². The van der Waals surface area contributed by atoms with E-state index in [1.54, 1.807) is 37.2 Å². The molecule has 0 saturated carbocycles. The molecule has 0 amide bonds. The van der Waals surface area contributed by atoms with Crippen LogP contribution in [0.1, 0.15) is 11.4 Å². The van der Waals surface area contributed by atoms with Gasteiger partial charge in [-0.3, -0.25) is 0 Å². The van der Waals surface area contributed by atoms with Crippen molar-refractivity contribution in [3.63, 3.8) is 0 Å². The molecule has 0 fully saturated rings. The number of halogens is 1. The third-order valence-corrected chi connectivity index (χ3v) is 3.59. The monoisotopic (exact) mass is 390 g/mol. The highest BCUT2D eigenvalue weighted by Crippen LogP contribution is 2.36. The highest BCUT2D eigenvalue weighted by molar-refractivity contribution is 9.10. The molecule has 2 rings (SSSR count). The van der Waals surface area contributed by atoms with Crippen LogP contribution < -0.4 is 15.4 Å². The minimum atomic E-state index is -0.0209. The molecule has 0 spiro atoms. The van der Waals surface area contributed by atoms with Gasteiger partial charge in [-0.25, -0.2) is 0 Å². The first-order chi connectivity index (χ1) is 11.3. The summed E-state index contributed by atoms with van der Waals surface area (Å²) in [6.45, 7) is 0. The first-order valence-corrected chi connectivity index (χ1v) is 7.52. The van der Waals surface area contributed by atoms with Gasteiger partial charge in [-0.05, 0) is 39.7 Å². The Morgan fingerprint density at radius 3 is 2.67 bits per heavy atom. The molecule has 0 saturated heterocycles. The van der Waals surface area contributed by atoms with Crippen LogP contribution >= 0.6 is 15.9 Å². The fourth-order valence-corrected chi connectivity index (χ4v) is 2.31. The van der Waals surface area contributed by atoms with Gasteiger partial charge in [0.25, 0.3) is 0 Å². The number of hydrogen-bond acceptors (Lipinski definition) is 8. The summed E-state index contributed by atoms with van der Waals surface area (Å²) in [6, 6.07) is 5.28. The largest absolute Gasteiger partial charge is 0.503 e. The van der Waals surface area contributed by atoms with E-state index in [2.05, 4.69) is 30.9 Å². The predicted octanol–water partition coefficient (Wildman–Crippen LogP) is 2.06. The van der Waals surface area contributed by atoms with Crippen LogP contribution in [0, 0.1) is 11.3 Å². The minimum Gasteiger partial charge on any atom is -0.503 e. The number of methoxy groups -OCH3 is 1. The average molecular weight is 391 g/mol. The van der Waals surface area contributed by atoms with Crippen LogP contribution in [0.4, 0.5) is 11.9 Å². The summed E-state index contributed by atoms with van der Waals surface area (Å²) in [7, 11) is 4.96. The lowest BCUT2D eigenvalue weighted by molar-refractivity contribution is 0.372. The van der Waals surface area contributed by atoms with E-state index in [9.17, 15) is 10.4 Å². The summed E-state index contributed by atoms with van der Waals surface area (Å²) >= 11 is 3.24. The van der Waals surface area contributed by atoms with Gasteiger partial charge in [0.2, 0.25) is 11.9 Å². The number of rotatable bonds is 4. The van der Waals surface area contributed by atoms with Crippen LogP contribution in [0.5, 0.6) is 11.5 Å². The van der Waals surface area contributed by atoms with E-state index in [1.807, 2.05) is 6.07 Å². The summed E-state index contributed by atoms with van der Waals surface area (Å²) in [4.78, 5) is 13.9. The second kappa shape index (κ2) is 7.14. The van der Waals surface area contributed by atoms with Gasteiger partial charge in [0.05, 0.1) is 17.2 Å². The lowest BCUT2D eigenvalue weighted by Gasteiger charge is -2.11. The number of anilines is 2. The summed E-state index contributed by atoms with van der Waals surface area (Å²) in [5.74, 6) is 0.791. The van der Waals surface area contributed by atoms with Crippen molar-refractivity contribution in [1.82, 2.24) is 15.0 Å². The van der Waals surface area contributed by atoms with Crippen LogP contribution in [-0.2, 0) is 0 Å². The number of nitrogens with two attached hydrogens (primary N) is 1. The van der Waals surface area contributed by atoms with Gasteiger partial charge in [0.1, 0.15) is 6.07 Å². The normalized spacial score (nSPS) is 11.0. The molecule has 1 aromatic carbocycles. The van der Waals surface area contributed by atoms with Gasteiger partial charge < -0.3 is 20.5 Å². The van der Waals surface area contributed by atoms with Gasteiger partial charge in [-0.15, -0.1) is 0 Å². The molecule has 1 aromatic heterocycles. The zero-order valence-electron chi connectivity index (χ0n) is 13.3. The maximum absolute atomic E-state index is 9.85. The molecule has 0 unspecified atom stereocenters. The van der Waals surface area contributed by atoms with Crippen LogP contribution in [-0.4, -0.2) is 41.3 Å². The number of nitrogens with zero attached hydrogens (tertiary/aromatic N) is 5. The predicted molar refractivity (Wildman–Crippen MR) is 94.4 cm³/mol. The number of nitriles is 1. The number of allylic oxidation sites excluding steroid dienone is 1. The molecule has 0 aliphatic heterocycles. The lowest BCUT2D eigenvalue weighted by Crippen LogP contribution is -2.15. The summed E-state index contributed by atoms with van der Waals surface area (Å²) in [6.07, 6.45) is 1.57. The molecule has 0 atom stereocenters. The topological polar surface area (TPSA) is 121 Å². The number of aromatic nitrogens is 3. The molecular formula is C15H15BrN6O2. The number of benzene rings is 1. The van der Waals surface area contributed by atoms with Crippen LogP contribution in [0.15, 0.2) is 16.6 Å². The maximum Gasteiger partial charge on any atom is 0.230 e. The number of ether oxygens (including phenoxy) is 1. The molecular weight excluding hydrogens is 376 g/mol. The third-order valence-electron chi connectivity index (χ3n) is 2.98. The standard InChI is InChI=1S/C15H15BrN6O2/c1-22(2)15-20-13(19-14(18)21-15)9(7-17)4-8-5-10(16)12(23)11(6-8)24-3/h4-6,23H,1-3H3,(H2,18,19,20,21). The van der Waals surface area contributed by atoms with Crippen molar-refractivity contribution in [3.8, 4) is 17.6 Å². The number of phenols is 1. The van der Waals surface area contributed by atoms with E-state index >= 15 is 0 Å². The fraction of sp³-hybridized carbons (Fsp3) is 0.200. The van der Waals surface area contributed by atoms with Gasteiger partial charge >= 0.3 is 0 Å². The second-order valence-electron chi connectivity index (χ2n) is 4.94. The van der Waals surface area contributed by atoms with Gasteiger partial charge in [0.15, 0.2) is 17.3 Å². The Hall–Kier alpha value is -2.86. The van der Waals surface area contributed by atoms with Crippen molar-refractivity contribution >= 4 is 39.5 Å². The van der Waals surface area contributed by atoms with E-state index in [0.717, 1.165) is 0 Å². The number of phenolic OH excluding ortho intramolecular Hbond substituents is 1. The molecule has 1 heterocycles. The highest BCUT2D eigenvalue weighted by atomic mass is 79.9. The van der Waals surface area contributed by atoms with Crippen molar-refractivity contribution in [3.05, 3.63) is 28.0 Å². The molecule has 0 bridgehead atoms. The van der Waals surface area contributed by atoms with Gasteiger partial charge in [-0.2, -0.15) is 20.2 Å². The SMILES string of the molecule is COc1cc(C=C(C#N)c2nc(N)nc(N(C)C)n2)cc(Br)c1O. The van der Waals surface area contributed by atoms with Crippen LogP contribution in [0.3, 0.4) is 0 Å². The Morgan fingerprint density at radius 2 is 2.08 bits per heavy atom. The van der Waals surface area contributed by atoms with Crippen LogP contribution in [0.2, 0.25) is 0 Å². The fourth-order valence-electron chi connectivity index (χ4n) is 1.85. The average Bonchev–Trinajstić information content (AvgIpc) is 2.54. The molecule has 2 aromatic rings. The van der Waals surface area contributed by atoms with Crippen molar-refractivity contribution in [2.24, 2.45) is 0 Å². The molecule has 0 aliphatic carbocycles. The third kappa shape index (κ3) is 3.72. The first-order valence-electron chi connectivity index (χ1n) is 6.73. The smallest absolute Gasteiger partial charge is 0.230 e. The summed E-state index contributed by atoms with van der Waals surface area (Å²) < 4.78 is 5.54. The van der Waals surface area contributed by atoms with Gasteiger partial charge in [-0.1, -0.05) is 0 Å². The molecule has 0 radical (unpaired) electrons. The molecule has 124 valence electrons. The highest BCUT2D eigenvalue weighted by Gasteiger charge is 2.13. The first kappa shape index (κ1) is 17.5. The quantitative estimate of drug-likeness (QED) is 0.760. The van der Waals surface area contributed by atoms with Crippen molar-refractivity contribution in [1.29, 1.82) is 5.26 Å². The van der Waals surface area contributed by atoms with Crippen molar-refractivity contribution in [2.75, 3.05) is 31.8 Å². The zero-order chi connectivity index (χ0) is 17.9. The number of nitrogen functional groups attached to an aromatic ring is 1. The number of hydrogen-bond donors (Lipinski definition) is 2. The van der Waals surface area contributed by atoms with E-state index < -0.39 is 0 Å². The number of aromatic hydroxyl groups is 1. The van der Waals surface area contributed by atoms with E-state index in [1.165, 1.54) is 7.11 Å². The van der Waals surface area contributed by atoms with Crippen molar-refractivity contribution in [2.45, 2.75) is 0 Å². The van der Waals surface area contributed by atoms with E-state index in [-0.39, 0.29) is 28.8 Å². The molecule has 24 heavy (non-hydrogen) atoms. The van der Waals surface area contributed by atoms with Crippen molar-refractivity contribution < 1.29 is 9.84 Å². The molecule has 0 aliphatic rings. The Morgan fingerprint density at radius 1 is 1.38 bits per heavy atom. The minimum absolute atomic E-state index is 0.0209. The Labute approximate surface area is 147 Å². The van der Waals surface area contributed by atoms with E-state index in [0.29, 0.717) is 16.0 Å². The summed E-state index contributed by atoms with van der Waals surface area (Å²) in [5, 5.41) is 19.3. The van der Waals surface area contributed by atoms with Gasteiger partial charge in [0, 0.05) is 14.1 Å². The Kier molecular flexibility index (Phi) is 5.21. The maximum atomic E-state index is 9.85.